The molecule has 0 spiro atoms. The van der Waals surface area contributed by atoms with E-state index in [-0.39, 0.29) is 6.04 Å². The molecule has 1 rings (SSSR count). The van der Waals surface area contributed by atoms with E-state index in [0.717, 1.165) is 4.90 Å². The highest BCUT2D eigenvalue weighted by molar-refractivity contribution is 6.16. The van der Waals surface area contributed by atoms with Crippen LogP contribution in [0.1, 0.15) is 39.5 Å². The average molecular weight is 250 g/mol. The minimum Gasteiger partial charge on any atom is -0.277 e. The second-order valence-electron chi connectivity index (χ2n) is 4.31. The second kappa shape index (κ2) is 6.20. The molecular formula is C13H18N2O3. The number of barbiturate groups is 1. The topological polar surface area (TPSA) is 66.5 Å². The van der Waals surface area contributed by atoms with Crippen molar-refractivity contribution in [1.29, 1.82) is 0 Å². The van der Waals surface area contributed by atoms with Crippen LogP contribution in [0.5, 0.6) is 0 Å². The molecule has 5 heteroatoms. The first-order valence-electron chi connectivity index (χ1n) is 6.18. The number of imide groups is 2. The Hall–Kier alpha value is -1.83. The van der Waals surface area contributed by atoms with Crippen LogP contribution in [0.4, 0.5) is 4.79 Å². The highest BCUT2D eigenvalue weighted by Gasteiger charge is 2.42. The third kappa shape index (κ3) is 2.70. The molecule has 1 fully saturated rings. The smallest absolute Gasteiger partial charge is 0.277 e. The average Bonchev–Trinajstić information content (AvgIpc) is 2.33. The van der Waals surface area contributed by atoms with E-state index in [4.69, 9.17) is 6.42 Å². The molecule has 0 saturated carbocycles. The van der Waals surface area contributed by atoms with Gasteiger partial charge in [-0.25, -0.2) is 4.79 Å². The minimum atomic E-state index is -0.764. The Morgan fingerprint density at radius 3 is 2.56 bits per heavy atom. The van der Waals surface area contributed by atoms with Gasteiger partial charge in [0.1, 0.15) is 5.92 Å². The van der Waals surface area contributed by atoms with Crippen LogP contribution in [0.15, 0.2) is 0 Å². The zero-order valence-electron chi connectivity index (χ0n) is 10.7. The largest absolute Gasteiger partial charge is 0.331 e. The monoisotopic (exact) mass is 250 g/mol. The standard InChI is InChI=1S/C13H18N2O3/c1-4-7-9(6-3)15-12(17)10(8-5-2)11(16)14-13(15)18/h1,9-10H,5-8H2,2-3H3,(H,14,16,18). The molecule has 1 aliphatic heterocycles. The summed E-state index contributed by atoms with van der Waals surface area (Å²) < 4.78 is 0. The van der Waals surface area contributed by atoms with E-state index in [1.807, 2.05) is 13.8 Å². The molecule has 18 heavy (non-hydrogen) atoms. The van der Waals surface area contributed by atoms with Gasteiger partial charge in [0, 0.05) is 6.42 Å². The van der Waals surface area contributed by atoms with Crippen LogP contribution in [-0.4, -0.2) is 28.8 Å². The summed E-state index contributed by atoms with van der Waals surface area (Å²) >= 11 is 0. The molecule has 0 aromatic carbocycles. The molecule has 2 atom stereocenters. The fraction of sp³-hybridized carbons (Fsp3) is 0.615. The van der Waals surface area contributed by atoms with Crippen LogP contribution in [0, 0.1) is 18.3 Å². The van der Waals surface area contributed by atoms with Crippen LogP contribution >= 0.6 is 0 Å². The van der Waals surface area contributed by atoms with Gasteiger partial charge in [0.2, 0.25) is 11.8 Å². The van der Waals surface area contributed by atoms with Crippen LogP contribution in [-0.2, 0) is 9.59 Å². The highest BCUT2D eigenvalue weighted by atomic mass is 16.2. The Bertz CT molecular complexity index is 398. The van der Waals surface area contributed by atoms with E-state index in [1.54, 1.807) is 0 Å². The quantitative estimate of drug-likeness (QED) is 0.590. The Balaban J connectivity index is 2.96. The van der Waals surface area contributed by atoms with Crippen molar-refractivity contribution in [1.82, 2.24) is 10.2 Å². The number of nitrogens with zero attached hydrogens (tertiary/aromatic N) is 1. The van der Waals surface area contributed by atoms with E-state index in [9.17, 15) is 14.4 Å². The van der Waals surface area contributed by atoms with Crippen molar-refractivity contribution < 1.29 is 14.4 Å². The molecule has 1 N–H and O–H groups in total. The van der Waals surface area contributed by atoms with Gasteiger partial charge in [-0.2, -0.15) is 0 Å². The maximum Gasteiger partial charge on any atom is 0.331 e. The molecule has 1 heterocycles. The first-order valence-corrected chi connectivity index (χ1v) is 6.18. The number of nitrogens with one attached hydrogen (secondary N) is 1. The first kappa shape index (κ1) is 14.2. The van der Waals surface area contributed by atoms with Gasteiger partial charge in [-0.3, -0.25) is 19.8 Å². The van der Waals surface area contributed by atoms with Crippen molar-refractivity contribution in [3.63, 3.8) is 0 Å². The Kier molecular flexibility index (Phi) is 4.90. The first-order chi connectivity index (χ1) is 8.56. The van der Waals surface area contributed by atoms with Gasteiger partial charge in [-0.15, -0.1) is 12.3 Å². The second-order valence-corrected chi connectivity index (χ2v) is 4.31. The van der Waals surface area contributed by atoms with Crippen molar-refractivity contribution in [2.75, 3.05) is 0 Å². The molecule has 98 valence electrons. The molecule has 4 amide bonds. The molecule has 1 saturated heterocycles. The number of hydrogen-bond acceptors (Lipinski definition) is 3. The molecular weight excluding hydrogens is 232 g/mol. The lowest BCUT2D eigenvalue weighted by Crippen LogP contribution is -2.60. The van der Waals surface area contributed by atoms with Gasteiger partial charge >= 0.3 is 6.03 Å². The van der Waals surface area contributed by atoms with Crippen molar-refractivity contribution in [3.05, 3.63) is 0 Å². The fourth-order valence-corrected chi connectivity index (χ4v) is 2.08. The number of urea groups is 1. The van der Waals surface area contributed by atoms with Gasteiger partial charge in [-0.05, 0) is 12.8 Å². The number of rotatable bonds is 5. The van der Waals surface area contributed by atoms with Crippen LogP contribution in [0.2, 0.25) is 0 Å². The normalized spacial score (nSPS) is 21.5. The third-order valence-electron chi connectivity index (χ3n) is 3.07. The SMILES string of the molecule is C#CCC(CC)N1C(=O)NC(=O)C(CCC)C1=O. The molecule has 0 bridgehead atoms. The molecule has 2 unspecified atom stereocenters. The summed E-state index contributed by atoms with van der Waals surface area (Å²) in [5.41, 5.74) is 0. The van der Waals surface area contributed by atoms with Gasteiger partial charge in [0.25, 0.3) is 0 Å². The van der Waals surface area contributed by atoms with Crippen molar-refractivity contribution in [2.24, 2.45) is 5.92 Å². The van der Waals surface area contributed by atoms with Gasteiger partial charge in [0.15, 0.2) is 0 Å². The summed E-state index contributed by atoms with van der Waals surface area (Å²) in [7, 11) is 0. The zero-order valence-corrected chi connectivity index (χ0v) is 10.7. The van der Waals surface area contributed by atoms with Crippen molar-refractivity contribution in [3.8, 4) is 12.3 Å². The van der Waals surface area contributed by atoms with E-state index in [0.29, 0.717) is 25.7 Å². The van der Waals surface area contributed by atoms with Crippen LogP contribution in [0.3, 0.4) is 0 Å². The van der Waals surface area contributed by atoms with Gasteiger partial charge < -0.3 is 0 Å². The lowest BCUT2D eigenvalue weighted by molar-refractivity contribution is -0.144. The molecule has 0 aromatic rings. The molecule has 1 aliphatic rings. The van der Waals surface area contributed by atoms with E-state index >= 15 is 0 Å². The lowest BCUT2D eigenvalue weighted by Gasteiger charge is -2.34. The van der Waals surface area contributed by atoms with E-state index < -0.39 is 23.8 Å². The summed E-state index contributed by atoms with van der Waals surface area (Å²) in [4.78, 5) is 36.6. The van der Waals surface area contributed by atoms with Crippen LogP contribution < -0.4 is 5.32 Å². The number of terminal acetylenes is 1. The zero-order chi connectivity index (χ0) is 13.7. The fourth-order valence-electron chi connectivity index (χ4n) is 2.08. The van der Waals surface area contributed by atoms with Crippen molar-refractivity contribution >= 4 is 17.8 Å². The molecule has 0 radical (unpaired) electrons. The number of carbonyl (C=O) groups is 3. The third-order valence-corrected chi connectivity index (χ3v) is 3.07. The molecule has 0 aliphatic carbocycles. The van der Waals surface area contributed by atoms with Crippen molar-refractivity contribution in [2.45, 2.75) is 45.6 Å². The highest BCUT2D eigenvalue weighted by Crippen LogP contribution is 2.20. The van der Waals surface area contributed by atoms with Gasteiger partial charge in [0.05, 0.1) is 6.04 Å². The maximum atomic E-state index is 12.2. The maximum absolute atomic E-state index is 12.2. The van der Waals surface area contributed by atoms with Crippen LogP contribution in [0.25, 0.3) is 0 Å². The predicted octanol–water partition coefficient (Wildman–Crippen LogP) is 1.28. The molecule has 0 aromatic heterocycles. The Labute approximate surface area is 107 Å². The number of carbonyl (C=O) groups excluding carboxylic acids is 3. The minimum absolute atomic E-state index is 0.308. The Morgan fingerprint density at radius 2 is 2.06 bits per heavy atom. The van der Waals surface area contributed by atoms with Gasteiger partial charge in [-0.1, -0.05) is 20.3 Å². The number of amides is 4. The summed E-state index contributed by atoms with van der Waals surface area (Å²) in [6.07, 6.45) is 7.28. The Morgan fingerprint density at radius 1 is 1.39 bits per heavy atom. The lowest BCUT2D eigenvalue weighted by atomic mass is 9.97. The summed E-state index contributed by atoms with van der Waals surface area (Å²) in [6.45, 7) is 3.74. The van der Waals surface area contributed by atoms with E-state index in [2.05, 4.69) is 11.2 Å². The number of hydrogen-bond donors (Lipinski definition) is 1. The summed E-state index contributed by atoms with van der Waals surface area (Å²) in [5, 5.41) is 2.23. The predicted molar refractivity (Wildman–Crippen MR) is 66.3 cm³/mol. The molecule has 5 nitrogen and oxygen atoms in total. The van der Waals surface area contributed by atoms with E-state index in [1.165, 1.54) is 0 Å². The summed E-state index contributed by atoms with van der Waals surface area (Å²) in [6, 6.07) is -0.991. The summed E-state index contributed by atoms with van der Waals surface area (Å²) in [5.74, 6) is 0.767.